The van der Waals surface area contributed by atoms with Crippen LogP contribution in [0.15, 0.2) is 6.07 Å². The minimum atomic E-state index is -0.112. The third-order valence-electron chi connectivity index (χ3n) is 2.89. The third-order valence-corrected chi connectivity index (χ3v) is 4.38. The predicted octanol–water partition coefficient (Wildman–Crippen LogP) is 3.92. The fraction of sp³-hybridized carbons (Fsp3) is 0.583. The van der Waals surface area contributed by atoms with Crippen LogP contribution in [0.4, 0.5) is 0 Å². The number of halogens is 3. The van der Waals surface area contributed by atoms with Gasteiger partial charge in [-0.15, -0.1) is 23.7 Å². The molecule has 0 aliphatic carbocycles. The second kappa shape index (κ2) is 8.32. The van der Waals surface area contributed by atoms with Gasteiger partial charge in [-0.2, -0.15) is 0 Å². The molecular weight excluding hydrogens is 327 g/mol. The van der Waals surface area contributed by atoms with Gasteiger partial charge in [0.25, 0.3) is 5.91 Å². The molecule has 3 nitrogen and oxygen atoms in total. The molecule has 0 aliphatic heterocycles. The van der Waals surface area contributed by atoms with Gasteiger partial charge in [0, 0.05) is 19.6 Å². The molecule has 1 unspecified atom stereocenters. The Kier molecular flexibility index (Phi) is 8.32. The van der Waals surface area contributed by atoms with E-state index in [0.717, 1.165) is 6.42 Å². The average Bonchev–Trinajstić information content (AvgIpc) is 2.63. The summed E-state index contributed by atoms with van der Waals surface area (Å²) in [6.45, 7) is 4.76. The van der Waals surface area contributed by atoms with Gasteiger partial charge in [-0.1, -0.05) is 37.0 Å². The maximum absolute atomic E-state index is 12.1. The van der Waals surface area contributed by atoms with E-state index in [1.807, 2.05) is 0 Å². The molecule has 0 spiro atoms. The van der Waals surface area contributed by atoms with Crippen LogP contribution >= 0.6 is 46.9 Å². The summed E-state index contributed by atoms with van der Waals surface area (Å²) >= 11 is 13.0. The zero-order valence-electron chi connectivity index (χ0n) is 11.2. The van der Waals surface area contributed by atoms with Crippen molar-refractivity contribution in [1.29, 1.82) is 0 Å². The van der Waals surface area contributed by atoms with Crippen molar-refractivity contribution >= 4 is 52.9 Å². The molecule has 0 saturated carbocycles. The van der Waals surface area contributed by atoms with Gasteiger partial charge in [0.05, 0.1) is 9.90 Å². The highest BCUT2D eigenvalue weighted by atomic mass is 35.5. The van der Waals surface area contributed by atoms with E-state index in [2.05, 4.69) is 13.8 Å². The van der Waals surface area contributed by atoms with Crippen LogP contribution in [-0.2, 0) is 0 Å². The van der Waals surface area contributed by atoms with Crippen LogP contribution < -0.4 is 5.73 Å². The Hall–Kier alpha value is -0.000000000000000222. The molecule has 110 valence electrons. The number of hydrogen-bond acceptors (Lipinski definition) is 3. The minimum Gasteiger partial charge on any atom is -0.342 e. The van der Waals surface area contributed by atoms with Gasteiger partial charge in [-0.3, -0.25) is 4.79 Å². The fourth-order valence-electron chi connectivity index (χ4n) is 1.47. The fourth-order valence-corrected chi connectivity index (χ4v) is 2.92. The molecule has 0 aromatic carbocycles. The van der Waals surface area contributed by atoms with Gasteiger partial charge < -0.3 is 10.6 Å². The molecule has 1 aromatic rings. The lowest BCUT2D eigenvalue weighted by molar-refractivity contribution is 0.0790. The number of hydrogen-bond donors (Lipinski definition) is 1. The number of amides is 1. The van der Waals surface area contributed by atoms with Crippen molar-refractivity contribution in [1.82, 2.24) is 4.90 Å². The maximum atomic E-state index is 12.1. The second-order valence-corrected chi connectivity index (χ2v) is 6.95. The van der Waals surface area contributed by atoms with E-state index in [1.54, 1.807) is 18.0 Å². The Balaban J connectivity index is 0.00000324. The summed E-state index contributed by atoms with van der Waals surface area (Å²) < 4.78 is 0.959. The van der Waals surface area contributed by atoms with Crippen molar-refractivity contribution in [3.05, 3.63) is 20.3 Å². The Morgan fingerprint density at radius 3 is 2.47 bits per heavy atom. The molecule has 1 atom stereocenters. The van der Waals surface area contributed by atoms with Crippen LogP contribution in [-0.4, -0.2) is 30.4 Å². The lowest BCUT2D eigenvalue weighted by atomic mass is 10.0. The zero-order valence-corrected chi connectivity index (χ0v) is 14.3. The van der Waals surface area contributed by atoms with E-state index >= 15 is 0 Å². The number of nitrogens with two attached hydrogens (primary N) is 1. The predicted molar refractivity (Wildman–Crippen MR) is 86.0 cm³/mol. The minimum absolute atomic E-state index is 0. The first-order valence-electron chi connectivity index (χ1n) is 5.78. The SMILES string of the molecule is CC(C)C(N)CCN(C)C(=O)c1cc(Cl)sc1Cl.Cl. The van der Waals surface area contributed by atoms with Crippen LogP contribution in [0, 0.1) is 5.92 Å². The van der Waals surface area contributed by atoms with Crippen LogP contribution in [0.5, 0.6) is 0 Å². The third kappa shape index (κ3) is 5.48. The van der Waals surface area contributed by atoms with E-state index < -0.39 is 0 Å². The van der Waals surface area contributed by atoms with Crippen molar-refractivity contribution in [2.24, 2.45) is 11.7 Å². The topological polar surface area (TPSA) is 46.3 Å². The first kappa shape index (κ1) is 19.0. The first-order valence-corrected chi connectivity index (χ1v) is 7.36. The molecule has 1 amide bonds. The summed E-state index contributed by atoms with van der Waals surface area (Å²) in [6.07, 6.45) is 0.773. The summed E-state index contributed by atoms with van der Waals surface area (Å²) in [7, 11) is 1.75. The zero-order chi connectivity index (χ0) is 13.9. The standard InChI is InChI=1S/C12H18Cl2N2OS.ClH/c1-7(2)9(15)4-5-16(3)12(17)8-6-10(13)18-11(8)14;/h6-7,9H,4-5,15H2,1-3H3;1H. The summed E-state index contributed by atoms with van der Waals surface area (Å²) in [4.78, 5) is 13.7. The van der Waals surface area contributed by atoms with Gasteiger partial charge >= 0.3 is 0 Å². The Labute approximate surface area is 134 Å². The van der Waals surface area contributed by atoms with Gasteiger partial charge in [0.15, 0.2) is 0 Å². The summed E-state index contributed by atoms with van der Waals surface area (Å²) in [5, 5.41) is 0. The van der Waals surface area contributed by atoms with Crippen LogP contribution in [0.25, 0.3) is 0 Å². The molecule has 19 heavy (non-hydrogen) atoms. The quantitative estimate of drug-likeness (QED) is 0.879. The lowest BCUT2D eigenvalue weighted by Gasteiger charge is -2.21. The number of rotatable bonds is 5. The summed E-state index contributed by atoms with van der Waals surface area (Å²) in [5.74, 6) is 0.298. The Bertz CT molecular complexity index is 423. The van der Waals surface area contributed by atoms with Crippen LogP contribution in [0.3, 0.4) is 0 Å². The number of carbonyl (C=O) groups excluding carboxylic acids is 1. The Morgan fingerprint density at radius 1 is 1.47 bits per heavy atom. The highest BCUT2D eigenvalue weighted by molar-refractivity contribution is 7.20. The van der Waals surface area contributed by atoms with Crippen LogP contribution in [0.1, 0.15) is 30.6 Å². The Morgan fingerprint density at radius 2 is 2.05 bits per heavy atom. The van der Waals surface area contributed by atoms with E-state index in [0.29, 0.717) is 26.7 Å². The molecule has 1 heterocycles. The molecule has 7 heteroatoms. The monoisotopic (exact) mass is 344 g/mol. The van der Waals surface area contributed by atoms with Crippen molar-refractivity contribution in [3.8, 4) is 0 Å². The second-order valence-electron chi connectivity index (χ2n) is 4.66. The molecule has 2 N–H and O–H groups in total. The summed E-state index contributed by atoms with van der Waals surface area (Å²) in [6, 6.07) is 1.71. The van der Waals surface area contributed by atoms with E-state index in [1.165, 1.54) is 11.3 Å². The van der Waals surface area contributed by atoms with E-state index in [4.69, 9.17) is 28.9 Å². The van der Waals surface area contributed by atoms with Gasteiger partial charge in [0.2, 0.25) is 0 Å². The van der Waals surface area contributed by atoms with Crippen LogP contribution in [0.2, 0.25) is 8.67 Å². The molecule has 0 radical (unpaired) electrons. The number of carbonyl (C=O) groups is 1. The van der Waals surface area contributed by atoms with Crippen molar-refractivity contribution < 1.29 is 4.79 Å². The molecule has 0 saturated heterocycles. The first-order chi connectivity index (χ1) is 8.32. The van der Waals surface area contributed by atoms with Crippen molar-refractivity contribution in [2.75, 3.05) is 13.6 Å². The lowest BCUT2D eigenvalue weighted by Crippen LogP contribution is -2.34. The van der Waals surface area contributed by atoms with Crippen molar-refractivity contribution in [2.45, 2.75) is 26.3 Å². The van der Waals surface area contributed by atoms with Gasteiger partial charge in [0.1, 0.15) is 4.34 Å². The highest BCUT2D eigenvalue weighted by Gasteiger charge is 2.19. The maximum Gasteiger partial charge on any atom is 0.256 e. The van der Waals surface area contributed by atoms with Gasteiger partial charge in [-0.05, 0) is 18.4 Å². The molecule has 1 rings (SSSR count). The molecule has 0 fully saturated rings. The highest BCUT2D eigenvalue weighted by Crippen LogP contribution is 2.31. The molecule has 1 aromatic heterocycles. The molecule has 0 bridgehead atoms. The molecule has 0 aliphatic rings. The summed E-state index contributed by atoms with van der Waals surface area (Å²) in [5.41, 5.74) is 6.42. The smallest absolute Gasteiger partial charge is 0.256 e. The number of thiophene rings is 1. The van der Waals surface area contributed by atoms with Gasteiger partial charge in [-0.25, -0.2) is 0 Å². The van der Waals surface area contributed by atoms with E-state index in [9.17, 15) is 4.79 Å². The average molecular weight is 346 g/mol. The van der Waals surface area contributed by atoms with Crippen molar-refractivity contribution in [3.63, 3.8) is 0 Å². The normalized spacial score (nSPS) is 12.2. The largest absolute Gasteiger partial charge is 0.342 e. The number of nitrogens with zero attached hydrogens (tertiary/aromatic N) is 1. The molecular formula is C12H19Cl3N2OS. The van der Waals surface area contributed by atoms with E-state index in [-0.39, 0.29) is 24.4 Å².